The predicted octanol–water partition coefficient (Wildman–Crippen LogP) is 3.58. The van der Waals surface area contributed by atoms with Crippen LogP contribution in [0.1, 0.15) is 32.6 Å². The van der Waals surface area contributed by atoms with Gasteiger partial charge in [-0.2, -0.15) is 0 Å². The van der Waals surface area contributed by atoms with Crippen LogP contribution in [0.15, 0.2) is 29.2 Å². The van der Waals surface area contributed by atoms with Gasteiger partial charge in [-0.25, -0.2) is 0 Å². The number of hydrogen-bond acceptors (Lipinski definition) is 3. The molecule has 0 aliphatic rings. The number of carbonyl (C=O) groups is 2. The van der Waals surface area contributed by atoms with E-state index in [4.69, 9.17) is 16.7 Å². The van der Waals surface area contributed by atoms with Crippen molar-refractivity contribution in [1.29, 1.82) is 0 Å². The summed E-state index contributed by atoms with van der Waals surface area (Å²) in [5.74, 6) is -0.393. The SMILES string of the molecule is CCCC(CC(=O)O)NC(=O)CCSc1ccccc1Cl. The highest BCUT2D eigenvalue weighted by Crippen LogP contribution is 2.26. The van der Waals surface area contributed by atoms with Crippen molar-refractivity contribution in [1.82, 2.24) is 5.32 Å². The third-order valence-corrected chi connectivity index (χ3v) is 4.36. The summed E-state index contributed by atoms with van der Waals surface area (Å²) in [6, 6.07) is 7.20. The van der Waals surface area contributed by atoms with Crippen molar-refractivity contribution >= 4 is 35.2 Å². The molecule has 4 nitrogen and oxygen atoms in total. The molecule has 0 heterocycles. The van der Waals surface area contributed by atoms with Crippen LogP contribution in [-0.4, -0.2) is 28.8 Å². The zero-order valence-corrected chi connectivity index (χ0v) is 13.5. The average Bonchev–Trinajstić information content (AvgIpc) is 2.40. The molecule has 0 spiro atoms. The second kappa shape index (κ2) is 9.68. The Labute approximate surface area is 134 Å². The van der Waals surface area contributed by atoms with E-state index >= 15 is 0 Å². The molecule has 1 aromatic carbocycles. The summed E-state index contributed by atoms with van der Waals surface area (Å²) in [6.07, 6.45) is 1.83. The van der Waals surface area contributed by atoms with Gasteiger partial charge < -0.3 is 10.4 Å². The number of nitrogens with one attached hydrogen (secondary N) is 1. The van der Waals surface area contributed by atoms with E-state index in [9.17, 15) is 9.59 Å². The first-order valence-electron chi connectivity index (χ1n) is 6.91. The number of thioether (sulfide) groups is 1. The molecule has 1 amide bonds. The summed E-state index contributed by atoms with van der Waals surface area (Å²) >= 11 is 7.56. The number of rotatable bonds is 9. The fourth-order valence-electron chi connectivity index (χ4n) is 1.90. The molecule has 0 aliphatic heterocycles. The molecular formula is C15H20ClNO3S. The van der Waals surface area contributed by atoms with E-state index in [0.717, 1.165) is 11.3 Å². The van der Waals surface area contributed by atoms with Crippen molar-refractivity contribution in [2.75, 3.05) is 5.75 Å². The normalized spacial score (nSPS) is 11.9. The second-order valence-electron chi connectivity index (χ2n) is 4.68. The van der Waals surface area contributed by atoms with Gasteiger partial charge >= 0.3 is 5.97 Å². The number of carboxylic acid groups (broad SMARTS) is 1. The number of hydrogen-bond donors (Lipinski definition) is 2. The number of benzene rings is 1. The molecule has 1 aromatic rings. The molecule has 21 heavy (non-hydrogen) atoms. The van der Waals surface area contributed by atoms with Gasteiger partial charge in [-0.3, -0.25) is 9.59 Å². The Bertz CT molecular complexity index is 482. The van der Waals surface area contributed by atoms with Gasteiger partial charge in [0.15, 0.2) is 0 Å². The van der Waals surface area contributed by atoms with E-state index in [1.165, 1.54) is 11.8 Å². The summed E-state index contributed by atoms with van der Waals surface area (Å²) in [7, 11) is 0. The van der Waals surface area contributed by atoms with Gasteiger partial charge in [-0.1, -0.05) is 37.1 Å². The summed E-state index contributed by atoms with van der Waals surface area (Å²) in [6.45, 7) is 1.97. The first kappa shape index (κ1) is 17.9. The number of aliphatic carboxylic acids is 1. The Kier molecular flexibility index (Phi) is 8.23. The Balaban J connectivity index is 2.35. The highest BCUT2D eigenvalue weighted by Gasteiger charge is 2.15. The van der Waals surface area contributed by atoms with Crippen LogP contribution in [0.5, 0.6) is 0 Å². The summed E-state index contributed by atoms with van der Waals surface area (Å²) < 4.78 is 0. The molecule has 116 valence electrons. The molecule has 0 aromatic heterocycles. The first-order valence-corrected chi connectivity index (χ1v) is 8.27. The lowest BCUT2D eigenvalue weighted by Crippen LogP contribution is -2.36. The third-order valence-electron chi connectivity index (χ3n) is 2.85. The number of carboxylic acids is 1. The van der Waals surface area contributed by atoms with Gasteiger partial charge in [0.05, 0.1) is 11.4 Å². The minimum absolute atomic E-state index is 0.0305. The van der Waals surface area contributed by atoms with Crippen molar-refractivity contribution in [3.8, 4) is 0 Å². The van der Waals surface area contributed by atoms with E-state index in [2.05, 4.69) is 5.32 Å². The van der Waals surface area contributed by atoms with Crippen LogP contribution in [0.25, 0.3) is 0 Å². The number of carbonyl (C=O) groups excluding carboxylic acids is 1. The van der Waals surface area contributed by atoms with Gasteiger partial charge in [-0.05, 0) is 18.6 Å². The van der Waals surface area contributed by atoms with Crippen LogP contribution in [0, 0.1) is 0 Å². The van der Waals surface area contributed by atoms with Crippen molar-refractivity contribution < 1.29 is 14.7 Å². The maximum Gasteiger partial charge on any atom is 0.305 e. The van der Waals surface area contributed by atoms with E-state index in [1.54, 1.807) is 0 Å². The molecule has 0 saturated heterocycles. The predicted molar refractivity (Wildman–Crippen MR) is 85.9 cm³/mol. The molecule has 0 bridgehead atoms. The van der Waals surface area contributed by atoms with Gasteiger partial charge in [0, 0.05) is 23.1 Å². The van der Waals surface area contributed by atoms with E-state index < -0.39 is 5.97 Å². The maximum atomic E-state index is 11.8. The third kappa shape index (κ3) is 7.39. The summed E-state index contributed by atoms with van der Waals surface area (Å²) in [4.78, 5) is 23.5. The zero-order chi connectivity index (χ0) is 15.7. The fourth-order valence-corrected chi connectivity index (χ4v) is 3.09. The van der Waals surface area contributed by atoms with Crippen LogP contribution in [0.2, 0.25) is 5.02 Å². The fraction of sp³-hybridized carbons (Fsp3) is 0.467. The topological polar surface area (TPSA) is 66.4 Å². The van der Waals surface area contributed by atoms with E-state index in [-0.39, 0.29) is 18.4 Å². The molecule has 0 aliphatic carbocycles. The number of halogens is 1. The largest absolute Gasteiger partial charge is 0.481 e. The average molecular weight is 330 g/mol. The van der Waals surface area contributed by atoms with Crippen LogP contribution in [-0.2, 0) is 9.59 Å². The van der Waals surface area contributed by atoms with Crippen LogP contribution >= 0.6 is 23.4 Å². The minimum Gasteiger partial charge on any atom is -0.481 e. The molecule has 1 unspecified atom stereocenters. The van der Waals surface area contributed by atoms with Crippen molar-refractivity contribution in [3.05, 3.63) is 29.3 Å². The molecular weight excluding hydrogens is 310 g/mol. The molecule has 1 atom stereocenters. The monoisotopic (exact) mass is 329 g/mol. The highest BCUT2D eigenvalue weighted by molar-refractivity contribution is 7.99. The van der Waals surface area contributed by atoms with Crippen LogP contribution in [0.3, 0.4) is 0 Å². The van der Waals surface area contributed by atoms with Gasteiger partial charge in [-0.15, -0.1) is 11.8 Å². The Morgan fingerprint density at radius 1 is 1.38 bits per heavy atom. The molecule has 0 fully saturated rings. The van der Waals surface area contributed by atoms with Crippen molar-refractivity contribution in [3.63, 3.8) is 0 Å². The zero-order valence-electron chi connectivity index (χ0n) is 12.0. The van der Waals surface area contributed by atoms with Gasteiger partial charge in [0.1, 0.15) is 0 Å². The first-order chi connectivity index (χ1) is 10.0. The molecule has 0 saturated carbocycles. The van der Waals surface area contributed by atoms with Crippen molar-refractivity contribution in [2.24, 2.45) is 0 Å². The maximum absolute atomic E-state index is 11.8. The highest BCUT2D eigenvalue weighted by atomic mass is 35.5. The summed E-state index contributed by atoms with van der Waals surface area (Å²) in [5, 5.41) is 12.3. The van der Waals surface area contributed by atoms with Crippen molar-refractivity contribution in [2.45, 2.75) is 43.5 Å². The quantitative estimate of drug-likeness (QED) is 0.679. The molecule has 2 N–H and O–H groups in total. The Hall–Kier alpha value is -1.20. The second-order valence-corrected chi connectivity index (χ2v) is 6.22. The van der Waals surface area contributed by atoms with E-state index in [0.29, 0.717) is 23.6 Å². The molecule has 1 rings (SSSR count). The van der Waals surface area contributed by atoms with Crippen LogP contribution < -0.4 is 5.32 Å². The lowest BCUT2D eigenvalue weighted by molar-refractivity contribution is -0.137. The lowest BCUT2D eigenvalue weighted by Gasteiger charge is -2.16. The minimum atomic E-state index is -0.890. The standard InChI is InChI=1S/C15H20ClNO3S/c1-2-5-11(10-15(19)20)17-14(18)8-9-21-13-7-4-3-6-12(13)16/h3-4,6-7,11H,2,5,8-10H2,1H3,(H,17,18)(H,19,20). The molecule has 6 heteroatoms. The summed E-state index contributed by atoms with van der Waals surface area (Å²) in [5.41, 5.74) is 0. The molecule has 0 radical (unpaired) electrons. The van der Waals surface area contributed by atoms with Gasteiger partial charge in [0.25, 0.3) is 0 Å². The smallest absolute Gasteiger partial charge is 0.305 e. The Morgan fingerprint density at radius 3 is 2.71 bits per heavy atom. The number of amides is 1. The van der Waals surface area contributed by atoms with Gasteiger partial charge in [0.2, 0.25) is 5.91 Å². The van der Waals surface area contributed by atoms with Crippen LogP contribution in [0.4, 0.5) is 0 Å². The Morgan fingerprint density at radius 2 is 2.10 bits per heavy atom. The lowest BCUT2D eigenvalue weighted by atomic mass is 10.1. The van der Waals surface area contributed by atoms with E-state index in [1.807, 2.05) is 31.2 Å².